The summed E-state index contributed by atoms with van der Waals surface area (Å²) >= 11 is 1.51. The lowest BCUT2D eigenvalue weighted by molar-refractivity contribution is 0.182. The van der Waals surface area contributed by atoms with Crippen molar-refractivity contribution in [3.05, 3.63) is 88.9 Å². The maximum atomic E-state index is 10.00. The van der Waals surface area contributed by atoms with Gasteiger partial charge in [-0.15, -0.1) is 0 Å². The van der Waals surface area contributed by atoms with Crippen molar-refractivity contribution in [2.75, 3.05) is 19.5 Å². The first kappa shape index (κ1) is 30.0. The third-order valence-corrected chi connectivity index (χ3v) is 7.46. The molecule has 3 aromatic rings. The number of aryl methyl sites for hydroxylation is 1. The number of benzene rings is 2. The number of ether oxygens (including phenoxy) is 3. The van der Waals surface area contributed by atoms with E-state index in [9.17, 15) is 5.26 Å². The average molecular weight is 546 g/mol. The van der Waals surface area contributed by atoms with Crippen LogP contribution in [0.1, 0.15) is 69.0 Å². The molecule has 206 valence electrons. The molecule has 0 amide bonds. The summed E-state index contributed by atoms with van der Waals surface area (Å²) in [5, 5.41) is 10.7. The SMILES string of the molecule is C=C(OCC)C(C)CCOc1c(C#N)cc(C(C)(C)c2ccc(OCc3ccnc(SC)n3)cc2)cc1CC. The van der Waals surface area contributed by atoms with E-state index in [-0.39, 0.29) is 11.3 Å². The number of aromatic nitrogens is 2. The largest absolute Gasteiger partial charge is 0.499 e. The highest BCUT2D eigenvalue weighted by atomic mass is 32.2. The number of hydrogen-bond acceptors (Lipinski definition) is 7. The van der Waals surface area contributed by atoms with Crippen molar-refractivity contribution in [1.29, 1.82) is 5.26 Å². The smallest absolute Gasteiger partial charge is 0.187 e. The number of allylic oxidation sites excluding steroid dienone is 1. The third kappa shape index (κ3) is 7.77. The van der Waals surface area contributed by atoms with E-state index in [1.165, 1.54) is 11.8 Å². The third-order valence-electron chi connectivity index (χ3n) is 6.90. The molecule has 0 saturated carbocycles. The van der Waals surface area contributed by atoms with Gasteiger partial charge in [0.25, 0.3) is 0 Å². The zero-order valence-corrected chi connectivity index (χ0v) is 24.7. The maximum Gasteiger partial charge on any atom is 0.187 e. The highest BCUT2D eigenvalue weighted by Gasteiger charge is 2.26. The van der Waals surface area contributed by atoms with Crippen LogP contribution in [0.15, 0.2) is 66.2 Å². The Bertz CT molecular complexity index is 1300. The molecule has 0 aliphatic heterocycles. The van der Waals surface area contributed by atoms with Gasteiger partial charge in [0.05, 0.1) is 30.2 Å². The number of thioether (sulfide) groups is 1. The lowest BCUT2D eigenvalue weighted by Crippen LogP contribution is -2.20. The van der Waals surface area contributed by atoms with Gasteiger partial charge in [0.1, 0.15) is 24.2 Å². The Hall–Kier alpha value is -3.50. The van der Waals surface area contributed by atoms with Crippen molar-refractivity contribution < 1.29 is 14.2 Å². The lowest BCUT2D eigenvalue weighted by Gasteiger charge is -2.28. The van der Waals surface area contributed by atoms with Gasteiger partial charge in [-0.2, -0.15) is 5.26 Å². The second kappa shape index (κ2) is 14.0. The van der Waals surface area contributed by atoms with Crippen molar-refractivity contribution in [2.24, 2.45) is 5.92 Å². The zero-order chi connectivity index (χ0) is 28.4. The highest BCUT2D eigenvalue weighted by molar-refractivity contribution is 7.98. The van der Waals surface area contributed by atoms with Crippen LogP contribution >= 0.6 is 11.8 Å². The van der Waals surface area contributed by atoms with E-state index in [0.29, 0.717) is 31.1 Å². The van der Waals surface area contributed by atoms with Crippen LogP contribution < -0.4 is 9.47 Å². The molecule has 0 bridgehead atoms. The summed E-state index contributed by atoms with van der Waals surface area (Å²) in [4.78, 5) is 8.67. The van der Waals surface area contributed by atoms with Gasteiger partial charge >= 0.3 is 0 Å². The fraction of sp³-hybridized carbons (Fsp3) is 0.406. The molecule has 1 heterocycles. The molecule has 1 atom stereocenters. The van der Waals surface area contributed by atoms with Crippen LogP contribution in [0.5, 0.6) is 11.5 Å². The topological polar surface area (TPSA) is 77.3 Å². The predicted octanol–water partition coefficient (Wildman–Crippen LogP) is 7.49. The summed E-state index contributed by atoms with van der Waals surface area (Å²) in [5.74, 6) is 2.40. The van der Waals surface area contributed by atoms with E-state index < -0.39 is 0 Å². The Labute approximate surface area is 237 Å². The van der Waals surface area contributed by atoms with E-state index in [4.69, 9.17) is 14.2 Å². The van der Waals surface area contributed by atoms with Gasteiger partial charge in [-0.3, -0.25) is 0 Å². The molecule has 7 heteroatoms. The van der Waals surface area contributed by atoms with Crippen LogP contribution in [0.25, 0.3) is 0 Å². The number of hydrogen-bond donors (Lipinski definition) is 0. The molecule has 2 aromatic carbocycles. The van der Waals surface area contributed by atoms with Crippen LogP contribution in [-0.4, -0.2) is 29.4 Å². The summed E-state index contributed by atoms with van der Waals surface area (Å²) in [6.07, 6.45) is 5.24. The number of rotatable bonds is 14. The van der Waals surface area contributed by atoms with Crippen LogP contribution in [-0.2, 0) is 23.2 Å². The Balaban J connectivity index is 1.75. The molecule has 0 aliphatic carbocycles. The normalized spacial score (nSPS) is 11.9. The summed E-state index contributed by atoms with van der Waals surface area (Å²) in [7, 11) is 0. The van der Waals surface area contributed by atoms with Gasteiger partial charge < -0.3 is 14.2 Å². The van der Waals surface area contributed by atoms with Crippen molar-refractivity contribution in [1.82, 2.24) is 9.97 Å². The monoisotopic (exact) mass is 545 g/mol. The second-order valence-electron chi connectivity index (χ2n) is 9.89. The van der Waals surface area contributed by atoms with Crippen molar-refractivity contribution in [3.63, 3.8) is 0 Å². The molecule has 6 nitrogen and oxygen atoms in total. The molecule has 0 radical (unpaired) electrons. The molecular formula is C32H39N3O3S. The van der Waals surface area contributed by atoms with Gasteiger partial charge in [0.2, 0.25) is 0 Å². The molecule has 0 saturated heterocycles. The predicted molar refractivity (Wildman–Crippen MR) is 157 cm³/mol. The Kier molecular flexibility index (Phi) is 10.8. The summed E-state index contributed by atoms with van der Waals surface area (Å²) in [6.45, 7) is 15.9. The highest BCUT2D eigenvalue weighted by Crippen LogP contribution is 2.37. The Morgan fingerprint density at radius 3 is 2.49 bits per heavy atom. The Morgan fingerprint density at radius 2 is 1.85 bits per heavy atom. The van der Waals surface area contributed by atoms with Gasteiger partial charge in [-0.05, 0) is 67.0 Å². The van der Waals surface area contributed by atoms with E-state index >= 15 is 0 Å². The van der Waals surface area contributed by atoms with Crippen LogP contribution in [0.3, 0.4) is 0 Å². The minimum Gasteiger partial charge on any atom is -0.499 e. The molecule has 39 heavy (non-hydrogen) atoms. The molecule has 0 N–H and O–H groups in total. The molecular weight excluding hydrogens is 506 g/mol. The summed E-state index contributed by atoms with van der Waals surface area (Å²) in [6, 6.07) is 16.5. The summed E-state index contributed by atoms with van der Waals surface area (Å²) < 4.78 is 17.7. The Morgan fingerprint density at radius 1 is 1.10 bits per heavy atom. The fourth-order valence-electron chi connectivity index (χ4n) is 4.24. The van der Waals surface area contributed by atoms with Gasteiger partial charge in [0.15, 0.2) is 5.16 Å². The number of nitriles is 1. The second-order valence-corrected chi connectivity index (χ2v) is 10.7. The first-order chi connectivity index (χ1) is 18.7. The standard InChI is InChI=1S/C32H39N3O3S/c1-8-24-18-27(19-25(20-33)30(24)37-17-15-22(3)23(4)36-9-2)32(5,6)26-10-12-29(13-11-26)38-21-28-14-16-34-31(35-28)39-7/h10-14,16,18-19,22H,4,8-9,15,17,21H2,1-3,5-7H3. The van der Waals surface area contributed by atoms with Crippen molar-refractivity contribution in [2.45, 2.75) is 64.6 Å². The first-order valence-corrected chi connectivity index (χ1v) is 14.6. The quantitative estimate of drug-likeness (QED) is 0.118. The maximum absolute atomic E-state index is 10.00. The van der Waals surface area contributed by atoms with Crippen LogP contribution in [0.2, 0.25) is 0 Å². The summed E-state index contributed by atoms with van der Waals surface area (Å²) in [5.41, 5.74) is 4.30. The zero-order valence-electron chi connectivity index (χ0n) is 23.9. The van der Waals surface area contributed by atoms with Crippen molar-refractivity contribution >= 4 is 11.8 Å². The van der Waals surface area contributed by atoms with Crippen LogP contribution in [0.4, 0.5) is 0 Å². The molecule has 0 aliphatic rings. The molecule has 3 rings (SSSR count). The van der Waals surface area contributed by atoms with Gasteiger partial charge in [-0.25, -0.2) is 9.97 Å². The average Bonchev–Trinajstić information content (AvgIpc) is 2.96. The molecule has 1 unspecified atom stereocenters. The van der Waals surface area contributed by atoms with Gasteiger partial charge in [0, 0.05) is 17.5 Å². The minimum absolute atomic E-state index is 0.180. The minimum atomic E-state index is -0.323. The van der Waals surface area contributed by atoms with Crippen LogP contribution in [0, 0.1) is 17.2 Å². The van der Waals surface area contributed by atoms with E-state index in [1.54, 1.807) is 6.20 Å². The van der Waals surface area contributed by atoms with Crippen molar-refractivity contribution in [3.8, 4) is 17.6 Å². The first-order valence-electron chi connectivity index (χ1n) is 13.3. The fourth-order valence-corrected chi connectivity index (χ4v) is 4.61. The molecule has 1 aromatic heterocycles. The van der Waals surface area contributed by atoms with E-state index in [2.05, 4.69) is 68.5 Å². The lowest BCUT2D eigenvalue weighted by atomic mass is 9.77. The van der Waals surface area contributed by atoms with E-state index in [1.807, 2.05) is 37.4 Å². The van der Waals surface area contributed by atoms with E-state index in [0.717, 1.165) is 51.9 Å². The number of nitrogens with zero attached hydrogens (tertiary/aromatic N) is 3. The molecule has 0 fully saturated rings. The molecule has 0 spiro atoms. The van der Waals surface area contributed by atoms with Gasteiger partial charge in [-0.1, -0.05) is 64.2 Å².